The number of urea groups is 1. The Morgan fingerprint density at radius 3 is 2.80 bits per heavy atom. The molecule has 86 valence electrons. The summed E-state index contributed by atoms with van der Waals surface area (Å²) < 4.78 is 0. The smallest absolute Gasteiger partial charge is 0.315 e. The first-order valence-corrected chi connectivity index (χ1v) is 5.83. The zero-order valence-electron chi connectivity index (χ0n) is 9.01. The highest BCUT2D eigenvalue weighted by molar-refractivity contribution is 5.74. The molecule has 0 radical (unpaired) electrons. The van der Waals surface area contributed by atoms with Crippen molar-refractivity contribution in [1.82, 2.24) is 21.3 Å². The molecule has 2 rings (SSSR count). The van der Waals surface area contributed by atoms with Crippen LogP contribution in [0.15, 0.2) is 0 Å². The number of amides is 2. The van der Waals surface area contributed by atoms with Crippen molar-refractivity contribution in [3.05, 3.63) is 0 Å². The molecular formula is C10H20N4O. The second-order valence-corrected chi connectivity index (χ2v) is 4.36. The Labute approximate surface area is 90.4 Å². The molecule has 15 heavy (non-hydrogen) atoms. The fourth-order valence-electron chi connectivity index (χ4n) is 1.94. The van der Waals surface area contributed by atoms with E-state index in [1.54, 1.807) is 0 Å². The van der Waals surface area contributed by atoms with E-state index >= 15 is 0 Å². The molecule has 2 fully saturated rings. The van der Waals surface area contributed by atoms with Crippen LogP contribution in [0.4, 0.5) is 4.79 Å². The quantitative estimate of drug-likeness (QED) is 0.505. The van der Waals surface area contributed by atoms with Gasteiger partial charge < -0.3 is 21.3 Å². The topological polar surface area (TPSA) is 65.2 Å². The lowest BCUT2D eigenvalue weighted by atomic mass is 10.1. The van der Waals surface area contributed by atoms with Gasteiger partial charge in [0.1, 0.15) is 0 Å². The lowest BCUT2D eigenvalue weighted by Crippen LogP contribution is -2.59. The van der Waals surface area contributed by atoms with Crippen LogP contribution >= 0.6 is 0 Å². The van der Waals surface area contributed by atoms with E-state index in [2.05, 4.69) is 21.3 Å². The summed E-state index contributed by atoms with van der Waals surface area (Å²) in [5.41, 5.74) is 0. The normalized spacial score (nSPS) is 26.8. The Bertz CT molecular complexity index is 211. The molecule has 1 atom stereocenters. The number of hydrogen-bond donors (Lipinski definition) is 4. The van der Waals surface area contributed by atoms with Crippen LogP contribution in [0.3, 0.4) is 0 Å². The minimum absolute atomic E-state index is 0.0335. The van der Waals surface area contributed by atoms with Crippen molar-refractivity contribution in [3.63, 3.8) is 0 Å². The Morgan fingerprint density at radius 1 is 1.33 bits per heavy atom. The summed E-state index contributed by atoms with van der Waals surface area (Å²) in [6.45, 7) is 3.62. The van der Waals surface area contributed by atoms with E-state index in [4.69, 9.17) is 0 Å². The molecule has 2 aliphatic rings. The van der Waals surface area contributed by atoms with Crippen molar-refractivity contribution in [1.29, 1.82) is 0 Å². The van der Waals surface area contributed by atoms with Crippen molar-refractivity contribution in [2.75, 3.05) is 26.2 Å². The number of piperidine rings is 1. The van der Waals surface area contributed by atoms with E-state index in [0.29, 0.717) is 12.1 Å². The van der Waals surface area contributed by atoms with E-state index in [-0.39, 0.29) is 6.03 Å². The zero-order chi connectivity index (χ0) is 10.5. The lowest BCUT2D eigenvalue weighted by Gasteiger charge is -2.29. The van der Waals surface area contributed by atoms with Crippen molar-refractivity contribution in [3.8, 4) is 0 Å². The maximum absolute atomic E-state index is 11.4. The highest BCUT2D eigenvalue weighted by Crippen LogP contribution is 2.05. The van der Waals surface area contributed by atoms with Crippen LogP contribution in [0.1, 0.15) is 19.3 Å². The van der Waals surface area contributed by atoms with Gasteiger partial charge >= 0.3 is 6.03 Å². The lowest BCUT2D eigenvalue weighted by molar-refractivity contribution is 0.229. The fourth-order valence-corrected chi connectivity index (χ4v) is 1.94. The van der Waals surface area contributed by atoms with Crippen LogP contribution in [0.5, 0.6) is 0 Å². The number of hydrogen-bond acceptors (Lipinski definition) is 3. The van der Waals surface area contributed by atoms with Gasteiger partial charge in [0, 0.05) is 25.7 Å². The standard InChI is InChI=1S/C10H20N4O/c15-10(14-9-5-11-6-9)13-7-8-3-1-2-4-12-8/h8-9,11-12H,1-7H2,(H2,13,14,15). The summed E-state index contributed by atoms with van der Waals surface area (Å²) in [6, 6.07) is 0.752. The number of carbonyl (C=O) groups is 1. The molecule has 0 saturated carbocycles. The van der Waals surface area contributed by atoms with Crippen LogP contribution in [-0.2, 0) is 0 Å². The fraction of sp³-hybridized carbons (Fsp3) is 0.900. The maximum atomic E-state index is 11.4. The van der Waals surface area contributed by atoms with E-state index in [1.165, 1.54) is 19.3 Å². The van der Waals surface area contributed by atoms with Gasteiger partial charge in [0.05, 0.1) is 6.04 Å². The van der Waals surface area contributed by atoms with Crippen LogP contribution in [0.25, 0.3) is 0 Å². The van der Waals surface area contributed by atoms with Crippen LogP contribution < -0.4 is 21.3 Å². The molecule has 2 aliphatic heterocycles. The summed E-state index contributed by atoms with van der Waals surface area (Å²) >= 11 is 0. The second-order valence-electron chi connectivity index (χ2n) is 4.36. The SMILES string of the molecule is O=C(NCC1CCCCN1)NC1CNC1. The summed E-state index contributed by atoms with van der Waals surface area (Å²) in [7, 11) is 0. The molecule has 0 spiro atoms. The van der Waals surface area contributed by atoms with Gasteiger partial charge in [0.25, 0.3) is 0 Å². The number of rotatable bonds is 3. The summed E-state index contributed by atoms with van der Waals surface area (Å²) in [5.74, 6) is 0. The van der Waals surface area contributed by atoms with Gasteiger partial charge in [-0.25, -0.2) is 4.79 Å². The third-order valence-electron chi connectivity index (χ3n) is 3.04. The third kappa shape index (κ3) is 3.35. The highest BCUT2D eigenvalue weighted by atomic mass is 16.2. The van der Waals surface area contributed by atoms with Gasteiger partial charge in [-0.15, -0.1) is 0 Å². The Hall–Kier alpha value is -0.810. The van der Waals surface area contributed by atoms with Gasteiger partial charge in [0.15, 0.2) is 0 Å². The molecule has 5 nitrogen and oxygen atoms in total. The Kier molecular flexibility index (Phi) is 3.80. The van der Waals surface area contributed by atoms with Crippen LogP contribution in [-0.4, -0.2) is 44.3 Å². The maximum Gasteiger partial charge on any atom is 0.315 e. The number of carbonyl (C=O) groups excluding carboxylic acids is 1. The van der Waals surface area contributed by atoms with Crippen molar-refractivity contribution in [2.45, 2.75) is 31.3 Å². The zero-order valence-corrected chi connectivity index (χ0v) is 9.01. The van der Waals surface area contributed by atoms with Gasteiger partial charge in [-0.05, 0) is 19.4 Å². The predicted molar refractivity (Wildman–Crippen MR) is 58.8 cm³/mol. The monoisotopic (exact) mass is 212 g/mol. The predicted octanol–water partition coefficient (Wildman–Crippen LogP) is -0.600. The van der Waals surface area contributed by atoms with Crippen molar-refractivity contribution >= 4 is 6.03 Å². The first-order chi connectivity index (χ1) is 7.34. The van der Waals surface area contributed by atoms with Gasteiger partial charge in [-0.2, -0.15) is 0 Å². The molecule has 2 heterocycles. The summed E-state index contributed by atoms with van der Waals surface area (Å²) in [6.07, 6.45) is 3.70. The first kappa shape index (κ1) is 10.7. The summed E-state index contributed by atoms with van der Waals surface area (Å²) in [5, 5.41) is 12.3. The van der Waals surface area contributed by atoms with Crippen molar-refractivity contribution < 1.29 is 4.79 Å². The molecule has 0 aliphatic carbocycles. The third-order valence-corrected chi connectivity index (χ3v) is 3.04. The molecule has 2 amide bonds. The molecule has 5 heteroatoms. The largest absolute Gasteiger partial charge is 0.337 e. The van der Waals surface area contributed by atoms with E-state index < -0.39 is 0 Å². The van der Waals surface area contributed by atoms with Gasteiger partial charge in [-0.1, -0.05) is 6.42 Å². The van der Waals surface area contributed by atoms with E-state index in [1.807, 2.05) is 0 Å². The minimum Gasteiger partial charge on any atom is -0.337 e. The summed E-state index contributed by atoms with van der Waals surface area (Å²) in [4.78, 5) is 11.4. The average Bonchev–Trinajstić information content (AvgIpc) is 2.22. The molecule has 0 aromatic rings. The van der Waals surface area contributed by atoms with Gasteiger partial charge in [0.2, 0.25) is 0 Å². The molecule has 4 N–H and O–H groups in total. The van der Waals surface area contributed by atoms with Crippen LogP contribution in [0, 0.1) is 0 Å². The van der Waals surface area contributed by atoms with Gasteiger partial charge in [-0.3, -0.25) is 0 Å². The van der Waals surface area contributed by atoms with Crippen molar-refractivity contribution in [2.24, 2.45) is 0 Å². The molecule has 2 saturated heterocycles. The molecule has 0 bridgehead atoms. The Balaban J connectivity index is 1.57. The molecular weight excluding hydrogens is 192 g/mol. The average molecular weight is 212 g/mol. The Morgan fingerprint density at radius 2 is 2.20 bits per heavy atom. The molecule has 1 unspecified atom stereocenters. The molecule has 0 aromatic heterocycles. The van der Waals surface area contributed by atoms with E-state index in [9.17, 15) is 4.79 Å². The molecule has 0 aromatic carbocycles. The number of nitrogens with one attached hydrogen (secondary N) is 4. The highest BCUT2D eigenvalue weighted by Gasteiger charge is 2.19. The first-order valence-electron chi connectivity index (χ1n) is 5.83. The van der Waals surface area contributed by atoms with Crippen LogP contribution in [0.2, 0.25) is 0 Å². The minimum atomic E-state index is -0.0335. The second kappa shape index (κ2) is 5.32. The van der Waals surface area contributed by atoms with E-state index in [0.717, 1.165) is 26.2 Å².